The standard InChI is InChI=1S/C8H11O3PS/c1-11-12(9,10)7-13-8-5-3-2-4-6-8/h2-6H,7H2,1H3,(H,9,10). The summed E-state index contributed by atoms with van der Waals surface area (Å²) in [5.74, 6) is 0. The van der Waals surface area contributed by atoms with Crippen LogP contribution in [0.2, 0.25) is 0 Å². The minimum Gasteiger partial charge on any atom is -0.324 e. The number of rotatable bonds is 4. The van der Waals surface area contributed by atoms with Crippen LogP contribution in [0.15, 0.2) is 35.2 Å². The van der Waals surface area contributed by atoms with Crippen molar-refractivity contribution in [1.82, 2.24) is 0 Å². The Morgan fingerprint density at radius 2 is 2.08 bits per heavy atom. The van der Waals surface area contributed by atoms with E-state index < -0.39 is 7.60 Å². The zero-order valence-electron chi connectivity index (χ0n) is 7.21. The minimum absolute atomic E-state index is 0.0908. The molecule has 72 valence electrons. The van der Waals surface area contributed by atoms with Crippen LogP contribution in [0.5, 0.6) is 0 Å². The molecule has 1 aromatic rings. The smallest absolute Gasteiger partial charge is 0.324 e. The van der Waals surface area contributed by atoms with E-state index in [4.69, 9.17) is 4.89 Å². The van der Waals surface area contributed by atoms with Gasteiger partial charge in [0.05, 0.1) is 0 Å². The maximum absolute atomic E-state index is 11.1. The van der Waals surface area contributed by atoms with Crippen molar-refractivity contribution >= 4 is 19.4 Å². The molecule has 0 bridgehead atoms. The zero-order valence-corrected chi connectivity index (χ0v) is 8.92. The fourth-order valence-electron chi connectivity index (χ4n) is 0.726. The van der Waals surface area contributed by atoms with Crippen molar-refractivity contribution < 1.29 is 14.0 Å². The van der Waals surface area contributed by atoms with Crippen LogP contribution in [-0.4, -0.2) is 17.5 Å². The molecular weight excluding hydrogens is 207 g/mol. The van der Waals surface area contributed by atoms with E-state index in [0.29, 0.717) is 0 Å². The number of hydrogen-bond donors (Lipinski definition) is 1. The molecule has 0 radical (unpaired) electrons. The first-order valence-electron chi connectivity index (χ1n) is 3.69. The van der Waals surface area contributed by atoms with Gasteiger partial charge in [-0.05, 0) is 12.1 Å². The Bertz CT molecular complexity index is 302. The van der Waals surface area contributed by atoms with Crippen molar-refractivity contribution in [2.75, 3.05) is 12.6 Å². The van der Waals surface area contributed by atoms with Gasteiger partial charge >= 0.3 is 7.60 Å². The van der Waals surface area contributed by atoms with E-state index in [0.717, 1.165) is 4.90 Å². The summed E-state index contributed by atoms with van der Waals surface area (Å²) < 4.78 is 15.5. The van der Waals surface area contributed by atoms with Gasteiger partial charge in [-0.1, -0.05) is 18.2 Å². The average molecular weight is 218 g/mol. The van der Waals surface area contributed by atoms with E-state index in [9.17, 15) is 4.57 Å². The normalized spacial score (nSPS) is 15.2. The molecule has 0 aromatic heterocycles. The molecule has 1 rings (SSSR count). The average Bonchev–Trinajstić information content (AvgIpc) is 2.17. The Hall–Kier alpha value is -0.280. The van der Waals surface area contributed by atoms with Crippen molar-refractivity contribution in [3.8, 4) is 0 Å². The molecule has 0 fully saturated rings. The lowest BCUT2D eigenvalue weighted by molar-refractivity contribution is 0.321. The summed E-state index contributed by atoms with van der Waals surface area (Å²) >= 11 is 1.31. The Balaban J connectivity index is 2.49. The summed E-state index contributed by atoms with van der Waals surface area (Å²) in [6, 6.07) is 9.45. The topological polar surface area (TPSA) is 46.5 Å². The second-order valence-corrected chi connectivity index (χ2v) is 5.84. The molecule has 0 heterocycles. The zero-order chi connectivity index (χ0) is 9.73. The number of hydrogen-bond acceptors (Lipinski definition) is 3. The van der Waals surface area contributed by atoms with Crippen LogP contribution in [0.25, 0.3) is 0 Å². The molecule has 0 aliphatic rings. The predicted molar refractivity (Wildman–Crippen MR) is 54.0 cm³/mol. The second-order valence-electron chi connectivity index (χ2n) is 2.41. The lowest BCUT2D eigenvalue weighted by atomic mass is 10.4. The third kappa shape index (κ3) is 3.96. The summed E-state index contributed by atoms with van der Waals surface area (Å²) in [6.07, 6.45) is 0. The van der Waals surface area contributed by atoms with Crippen LogP contribution in [0.3, 0.4) is 0 Å². The third-order valence-corrected chi connectivity index (χ3v) is 4.42. The highest BCUT2D eigenvalue weighted by atomic mass is 32.2. The van der Waals surface area contributed by atoms with Gasteiger partial charge in [-0.15, -0.1) is 11.8 Å². The number of benzene rings is 1. The SMILES string of the molecule is COP(=O)(O)CSc1ccccc1. The second kappa shape index (κ2) is 4.82. The Kier molecular flexibility index (Phi) is 4.00. The van der Waals surface area contributed by atoms with Gasteiger partial charge in [0.2, 0.25) is 0 Å². The van der Waals surface area contributed by atoms with Crippen molar-refractivity contribution in [1.29, 1.82) is 0 Å². The van der Waals surface area contributed by atoms with E-state index in [1.165, 1.54) is 18.9 Å². The first-order chi connectivity index (χ1) is 6.14. The first-order valence-corrected chi connectivity index (χ1v) is 6.44. The van der Waals surface area contributed by atoms with Crippen LogP contribution in [0.4, 0.5) is 0 Å². The molecule has 0 spiro atoms. The van der Waals surface area contributed by atoms with Crippen molar-refractivity contribution in [3.05, 3.63) is 30.3 Å². The monoisotopic (exact) mass is 218 g/mol. The van der Waals surface area contributed by atoms with Crippen molar-refractivity contribution in [2.45, 2.75) is 4.90 Å². The van der Waals surface area contributed by atoms with E-state index in [-0.39, 0.29) is 5.49 Å². The van der Waals surface area contributed by atoms with E-state index in [2.05, 4.69) is 4.52 Å². The minimum atomic E-state index is -3.38. The Morgan fingerprint density at radius 3 is 2.62 bits per heavy atom. The maximum atomic E-state index is 11.1. The summed E-state index contributed by atoms with van der Waals surface area (Å²) in [5.41, 5.74) is 0.0908. The van der Waals surface area contributed by atoms with E-state index in [1.807, 2.05) is 30.3 Å². The molecule has 5 heteroatoms. The van der Waals surface area contributed by atoms with Gasteiger partial charge in [0.1, 0.15) is 5.49 Å². The van der Waals surface area contributed by atoms with E-state index >= 15 is 0 Å². The summed E-state index contributed by atoms with van der Waals surface area (Å²) in [4.78, 5) is 10.1. The first kappa shape index (κ1) is 10.8. The van der Waals surface area contributed by atoms with Crippen LogP contribution in [0, 0.1) is 0 Å². The molecule has 1 aromatic carbocycles. The Morgan fingerprint density at radius 1 is 1.46 bits per heavy atom. The lowest BCUT2D eigenvalue weighted by Crippen LogP contribution is -1.86. The van der Waals surface area contributed by atoms with Gasteiger partial charge in [0.15, 0.2) is 0 Å². The molecule has 0 aliphatic carbocycles. The lowest BCUT2D eigenvalue weighted by Gasteiger charge is -2.07. The maximum Gasteiger partial charge on any atom is 0.338 e. The predicted octanol–water partition coefficient (Wildman–Crippen LogP) is 2.57. The quantitative estimate of drug-likeness (QED) is 0.623. The van der Waals surface area contributed by atoms with Gasteiger partial charge in [0, 0.05) is 12.0 Å². The molecule has 1 unspecified atom stereocenters. The molecule has 0 saturated carbocycles. The highest BCUT2D eigenvalue weighted by Gasteiger charge is 2.16. The molecule has 0 aliphatic heterocycles. The number of thioether (sulfide) groups is 1. The summed E-state index contributed by atoms with van der Waals surface area (Å²) in [7, 11) is -2.13. The van der Waals surface area contributed by atoms with Crippen LogP contribution >= 0.6 is 19.4 Å². The van der Waals surface area contributed by atoms with Gasteiger partial charge in [-0.25, -0.2) is 0 Å². The third-order valence-electron chi connectivity index (χ3n) is 1.42. The van der Waals surface area contributed by atoms with Crippen LogP contribution in [0.1, 0.15) is 0 Å². The van der Waals surface area contributed by atoms with Crippen LogP contribution < -0.4 is 0 Å². The Labute approximate surface area is 81.7 Å². The summed E-state index contributed by atoms with van der Waals surface area (Å²) in [6.45, 7) is 0. The van der Waals surface area contributed by atoms with Crippen molar-refractivity contribution in [2.24, 2.45) is 0 Å². The van der Waals surface area contributed by atoms with Gasteiger partial charge in [-0.3, -0.25) is 4.57 Å². The largest absolute Gasteiger partial charge is 0.338 e. The highest BCUT2D eigenvalue weighted by Crippen LogP contribution is 2.45. The summed E-state index contributed by atoms with van der Waals surface area (Å²) in [5, 5.41) is 0. The molecular formula is C8H11O3PS. The van der Waals surface area contributed by atoms with Crippen LogP contribution in [-0.2, 0) is 9.09 Å². The van der Waals surface area contributed by atoms with Gasteiger partial charge < -0.3 is 9.42 Å². The molecule has 3 nitrogen and oxygen atoms in total. The molecule has 0 amide bonds. The molecule has 1 N–H and O–H groups in total. The van der Waals surface area contributed by atoms with E-state index in [1.54, 1.807) is 0 Å². The highest BCUT2D eigenvalue weighted by molar-refractivity contribution is 8.04. The molecule has 0 saturated heterocycles. The molecule has 1 atom stereocenters. The molecule has 13 heavy (non-hydrogen) atoms. The van der Waals surface area contributed by atoms with Gasteiger partial charge in [-0.2, -0.15) is 0 Å². The fourth-order valence-corrected chi connectivity index (χ4v) is 2.75. The van der Waals surface area contributed by atoms with Gasteiger partial charge in [0.25, 0.3) is 0 Å². The fraction of sp³-hybridized carbons (Fsp3) is 0.250. The van der Waals surface area contributed by atoms with Crippen molar-refractivity contribution in [3.63, 3.8) is 0 Å².